The zero-order valence-electron chi connectivity index (χ0n) is 10.3. The van der Waals surface area contributed by atoms with E-state index in [1.54, 1.807) is 6.20 Å². The van der Waals surface area contributed by atoms with Crippen molar-refractivity contribution in [3.05, 3.63) is 72.4 Å². The number of imidazole rings is 1. The Balaban J connectivity index is 1.81. The van der Waals surface area contributed by atoms with Crippen LogP contribution in [0.4, 0.5) is 0 Å². The lowest BCUT2D eigenvalue weighted by molar-refractivity contribution is 1.26. The van der Waals surface area contributed by atoms with E-state index in [1.165, 1.54) is 0 Å². The van der Waals surface area contributed by atoms with Crippen molar-refractivity contribution < 1.29 is 0 Å². The van der Waals surface area contributed by atoms with Gasteiger partial charge < -0.3 is 4.98 Å². The Bertz CT molecular complexity index is 669. The van der Waals surface area contributed by atoms with E-state index >= 15 is 0 Å². The molecule has 3 aromatic rings. The van der Waals surface area contributed by atoms with Crippen LogP contribution < -0.4 is 0 Å². The van der Waals surface area contributed by atoms with Gasteiger partial charge in [-0.15, -0.1) is 0 Å². The molecule has 0 atom stereocenters. The number of aromatic amines is 1. The predicted octanol–water partition coefficient (Wildman–Crippen LogP) is 3.64. The fourth-order valence-electron chi connectivity index (χ4n) is 1.82. The number of hydrogen-bond acceptors (Lipinski definition) is 2. The van der Waals surface area contributed by atoms with Crippen LogP contribution in [0, 0.1) is 0 Å². The molecule has 3 nitrogen and oxygen atoms in total. The zero-order valence-corrected chi connectivity index (χ0v) is 10.3. The average molecular weight is 247 g/mol. The molecule has 0 aliphatic heterocycles. The van der Waals surface area contributed by atoms with Gasteiger partial charge in [0.05, 0.1) is 11.4 Å². The molecule has 0 fully saturated rings. The highest BCUT2D eigenvalue weighted by Gasteiger charge is 2.00. The molecule has 3 rings (SSSR count). The maximum atomic E-state index is 4.53. The smallest absolute Gasteiger partial charge is 0.130 e. The normalized spacial score (nSPS) is 10.9. The van der Waals surface area contributed by atoms with Crippen molar-refractivity contribution in [2.45, 2.75) is 0 Å². The minimum atomic E-state index is 0.824. The molecule has 0 bridgehead atoms. The van der Waals surface area contributed by atoms with E-state index in [4.69, 9.17) is 0 Å². The summed E-state index contributed by atoms with van der Waals surface area (Å²) in [6, 6.07) is 15.9. The van der Waals surface area contributed by atoms with Crippen molar-refractivity contribution in [1.29, 1.82) is 0 Å². The summed E-state index contributed by atoms with van der Waals surface area (Å²) in [5.74, 6) is 0.824. The first kappa shape index (κ1) is 11.4. The van der Waals surface area contributed by atoms with Gasteiger partial charge in [-0.2, -0.15) is 0 Å². The Labute approximate surface area is 111 Å². The minimum Gasteiger partial charge on any atom is -0.344 e. The second-order valence-electron chi connectivity index (χ2n) is 4.12. The highest BCUT2D eigenvalue weighted by atomic mass is 14.9. The van der Waals surface area contributed by atoms with E-state index in [0.717, 1.165) is 22.8 Å². The van der Waals surface area contributed by atoms with Gasteiger partial charge in [-0.05, 0) is 24.3 Å². The number of benzene rings is 1. The largest absolute Gasteiger partial charge is 0.344 e. The lowest BCUT2D eigenvalue weighted by atomic mass is 10.2. The van der Waals surface area contributed by atoms with Crippen LogP contribution in [0.25, 0.3) is 23.4 Å². The number of rotatable bonds is 3. The van der Waals surface area contributed by atoms with Crippen LogP contribution in [-0.2, 0) is 0 Å². The van der Waals surface area contributed by atoms with Gasteiger partial charge in [0.25, 0.3) is 0 Å². The van der Waals surface area contributed by atoms with Gasteiger partial charge in [-0.1, -0.05) is 36.4 Å². The first-order chi connectivity index (χ1) is 9.42. The summed E-state index contributed by atoms with van der Waals surface area (Å²) in [4.78, 5) is 11.9. The molecule has 1 N–H and O–H groups in total. The van der Waals surface area contributed by atoms with E-state index in [1.807, 2.05) is 66.9 Å². The second-order valence-corrected chi connectivity index (χ2v) is 4.12. The minimum absolute atomic E-state index is 0.824. The van der Waals surface area contributed by atoms with Crippen molar-refractivity contribution in [3.8, 4) is 11.3 Å². The van der Waals surface area contributed by atoms with Crippen LogP contribution in [0.2, 0.25) is 0 Å². The fourth-order valence-corrected chi connectivity index (χ4v) is 1.82. The maximum Gasteiger partial charge on any atom is 0.130 e. The van der Waals surface area contributed by atoms with Gasteiger partial charge in [0.1, 0.15) is 5.82 Å². The van der Waals surface area contributed by atoms with Crippen LogP contribution in [-0.4, -0.2) is 15.0 Å². The number of aromatic nitrogens is 3. The van der Waals surface area contributed by atoms with Crippen molar-refractivity contribution in [3.63, 3.8) is 0 Å². The third-order valence-corrected chi connectivity index (χ3v) is 2.77. The lowest BCUT2D eigenvalue weighted by Crippen LogP contribution is -1.79. The third-order valence-electron chi connectivity index (χ3n) is 2.77. The molecule has 0 saturated carbocycles. The first-order valence-electron chi connectivity index (χ1n) is 6.12. The number of nitrogens with zero attached hydrogens (tertiary/aromatic N) is 2. The Kier molecular flexibility index (Phi) is 3.19. The van der Waals surface area contributed by atoms with Crippen LogP contribution in [0.1, 0.15) is 11.5 Å². The summed E-state index contributed by atoms with van der Waals surface area (Å²) in [6.07, 6.45) is 7.55. The highest BCUT2D eigenvalue weighted by molar-refractivity contribution is 5.67. The topological polar surface area (TPSA) is 41.6 Å². The second kappa shape index (κ2) is 5.31. The summed E-state index contributed by atoms with van der Waals surface area (Å²) in [6.45, 7) is 0. The fraction of sp³-hybridized carbons (Fsp3) is 0. The van der Waals surface area contributed by atoms with E-state index in [2.05, 4.69) is 15.0 Å². The van der Waals surface area contributed by atoms with Gasteiger partial charge in [-0.3, -0.25) is 4.98 Å². The van der Waals surface area contributed by atoms with Gasteiger partial charge >= 0.3 is 0 Å². The quantitative estimate of drug-likeness (QED) is 0.767. The van der Waals surface area contributed by atoms with Crippen molar-refractivity contribution in [2.24, 2.45) is 0 Å². The standard InChI is InChI=1S/C16H13N3/c1-2-6-13(7-3-1)15-12-18-16(19-15)10-9-14-8-4-5-11-17-14/h1-12H,(H,18,19)/b10-9+. The molecule has 0 aliphatic carbocycles. The van der Waals surface area contributed by atoms with E-state index in [0.29, 0.717) is 0 Å². The molecule has 19 heavy (non-hydrogen) atoms. The molecule has 0 amide bonds. The van der Waals surface area contributed by atoms with E-state index in [-0.39, 0.29) is 0 Å². The predicted molar refractivity (Wildman–Crippen MR) is 77.2 cm³/mol. The zero-order chi connectivity index (χ0) is 12.9. The lowest BCUT2D eigenvalue weighted by Gasteiger charge is -1.93. The van der Waals surface area contributed by atoms with Gasteiger partial charge in [0.15, 0.2) is 0 Å². The summed E-state index contributed by atoms with van der Waals surface area (Å²) in [7, 11) is 0. The van der Waals surface area contributed by atoms with Crippen LogP contribution in [0.3, 0.4) is 0 Å². The van der Waals surface area contributed by atoms with Crippen molar-refractivity contribution in [2.75, 3.05) is 0 Å². The molecule has 0 spiro atoms. The van der Waals surface area contributed by atoms with Crippen LogP contribution >= 0.6 is 0 Å². The molecule has 0 aliphatic rings. The number of nitrogens with one attached hydrogen (secondary N) is 1. The molecule has 2 heterocycles. The van der Waals surface area contributed by atoms with Gasteiger partial charge in [0, 0.05) is 18.0 Å². The summed E-state index contributed by atoms with van der Waals surface area (Å²) < 4.78 is 0. The third kappa shape index (κ3) is 2.77. The van der Waals surface area contributed by atoms with Crippen molar-refractivity contribution in [1.82, 2.24) is 15.0 Å². The van der Waals surface area contributed by atoms with Crippen LogP contribution in [0.15, 0.2) is 60.9 Å². The average Bonchev–Trinajstić information content (AvgIpc) is 2.96. The molecule has 3 heteroatoms. The molecule has 0 unspecified atom stereocenters. The molecule has 2 aromatic heterocycles. The molecule has 0 radical (unpaired) electrons. The Hall–Kier alpha value is -2.68. The van der Waals surface area contributed by atoms with Gasteiger partial charge in [-0.25, -0.2) is 4.98 Å². The summed E-state index contributed by atoms with van der Waals surface area (Å²) in [5.41, 5.74) is 2.97. The van der Waals surface area contributed by atoms with E-state index < -0.39 is 0 Å². The SMILES string of the molecule is C(=C\c1nc(-c2ccccc2)c[nH]1)/c1ccccn1. The Morgan fingerprint density at radius 2 is 1.74 bits per heavy atom. The molecule has 1 aromatic carbocycles. The Morgan fingerprint density at radius 1 is 0.895 bits per heavy atom. The molecule has 92 valence electrons. The van der Waals surface area contributed by atoms with Crippen LogP contribution in [0.5, 0.6) is 0 Å². The highest BCUT2D eigenvalue weighted by Crippen LogP contribution is 2.16. The Morgan fingerprint density at radius 3 is 2.53 bits per heavy atom. The maximum absolute atomic E-state index is 4.53. The van der Waals surface area contributed by atoms with Crippen molar-refractivity contribution >= 4 is 12.2 Å². The number of H-pyrrole nitrogens is 1. The molecule has 0 saturated heterocycles. The molecular formula is C16H13N3. The van der Waals surface area contributed by atoms with E-state index in [9.17, 15) is 0 Å². The number of pyridine rings is 1. The summed E-state index contributed by atoms with van der Waals surface area (Å²) >= 11 is 0. The number of hydrogen-bond donors (Lipinski definition) is 1. The van der Waals surface area contributed by atoms with Gasteiger partial charge in [0.2, 0.25) is 0 Å². The summed E-state index contributed by atoms with van der Waals surface area (Å²) in [5, 5.41) is 0. The molecular weight excluding hydrogens is 234 g/mol. The monoisotopic (exact) mass is 247 g/mol. The first-order valence-corrected chi connectivity index (χ1v) is 6.12.